The van der Waals surface area contributed by atoms with Crippen molar-refractivity contribution in [2.45, 2.75) is 11.8 Å². The van der Waals surface area contributed by atoms with Gasteiger partial charge >= 0.3 is 0 Å². The number of rotatable bonds is 3. The van der Waals surface area contributed by atoms with E-state index in [0.29, 0.717) is 16.3 Å². The zero-order valence-corrected chi connectivity index (χ0v) is 11.7. The molecule has 2 aromatic rings. The second-order valence-corrected chi connectivity index (χ2v) is 6.12. The van der Waals surface area contributed by atoms with Crippen molar-refractivity contribution in [1.82, 2.24) is 4.98 Å². The Morgan fingerprint density at radius 3 is 2.68 bits per heavy atom. The van der Waals surface area contributed by atoms with Crippen molar-refractivity contribution >= 4 is 33.1 Å². The monoisotopic (exact) mass is 297 g/mol. The number of sulfonamides is 1. The number of pyridine rings is 1. The van der Waals surface area contributed by atoms with Crippen molar-refractivity contribution in [3.05, 3.63) is 47.1 Å². The Hall–Kier alpha value is -1.79. The lowest BCUT2D eigenvalue weighted by molar-refractivity contribution is 0.601. The zero-order valence-electron chi connectivity index (χ0n) is 10.1. The molecule has 0 amide bonds. The summed E-state index contributed by atoms with van der Waals surface area (Å²) in [5, 5.41) is 0.352. The van der Waals surface area contributed by atoms with Gasteiger partial charge < -0.3 is 5.73 Å². The van der Waals surface area contributed by atoms with Crippen molar-refractivity contribution in [2.24, 2.45) is 0 Å². The van der Waals surface area contributed by atoms with Gasteiger partial charge in [0.1, 0.15) is 5.82 Å². The molecular weight excluding hydrogens is 286 g/mol. The quantitative estimate of drug-likeness (QED) is 0.911. The second-order valence-electron chi connectivity index (χ2n) is 4.00. The number of aromatic nitrogens is 1. The first-order chi connectivity index (χ1) is 8.88. The molecule has 19 heavy (non-hydrogen) atoms. The van der Waals surface area contributed by atoms with E-state index >= 15 is 0 Å². The predicted molar refractivity (Wildman–Crippen MR) is 75.6 cm³/mol. The molecule has 0 saturated carbocycles. The van der Waals surface area contributed by atoms with E-state index in [-0.39, 0.29) is 10.7 Å². The number of nitrogens with zero attached hydrogens (tertiary/aromatic N) is 1. The average molecular weight is 298 g/mol. The third-order valence-electron chi connectivity index (χ3n) is 2.44. The lowest BCUT2D eigenvalue weighted by atomic mass is 10.3. The van der Waals surface area contributed by atoms with E-state index in [2.05, 4.69) is 9.71 Å². The molecule has 0 aliphatic heterocycles. The van der Waals surface area contributed by atoms with Crippen LogP contribution >= 0.6 is 11.6 Å². The molecular formula is C12H12ClN3O2S. The Morgan fingerprint density at radius 2 is 2.05 bits per heavy atom. The summed E-state index contributed by atoms with van der Waals surface area (Å²) in [7, 11) is -3.71. The van der Waals surface area contributed by atoms with Crippen LogP contribution in [0.15, 0.2) is 41.4 Å². The number of halogens is 1. The Kier molecular flexibility index (Phi) is 3.64. The highest BCUT2D eigenvalue weighted by Gasteiger charge is 2.16. The van der Waals surface area contributed by atoms with E-state index < -0.39 is 10.0 Å². The van der Waals surface area contributed by atoms with Gasteiger partial charge in [0.2, 0.25) is 0 Å². The summed E-state index contributed by atoms with van der Waals surface area (Å²) in [4.78, 5) is 4.04. The highest BCUT2D eigenvalue weighted by molar-refractivity contribution is 7.92. The molecule has 0 fully saturated rings. The van der Waals surface area contributed by atoms with E-state index in [1.165, 1.54) is 18.3 Å². The van der Waals surface area contributed by atoms with E-state index in [9.17, 15) is 8.42 Å². The number of nitrogens with two attached hydrogens (primary N) is 1. The summed E-state index contributed by atoms with van der Waals surface area (Å²) in [6.07, 6.45) is 1.39. The molecule has 2 rings (SSSR count). The molecule has 0 saturated heterocycles. The number of nitrogens with one attached hydrogen (secondary N) is 1. The Balaban J connectivity index is 2.36. The fourth-order valence-corrected chi connectivity index (χ4v) is 2.90. The average Bonchev–Trinajstić information content (AvgIpc) is 2.33. The summed E-state index contributed by atoms with van der Waals surface area (Å²) in [5.74, 6) is 0.245. The molecule has 100 valence electrons. The van der Waals surface area contributed by atoms with Gasteiger partial charge in [-0.2, -0.15) is 0 Å². The maximum Gasteiger partial charge on any atom is 0.263 e. The van der Waals surface area contributed by atoms with E-state index in [0.717, 1.165) is 0 Å². The van der Waals surface area contributed by atoms with Crippen LogP contribution in [0.5, 0.6) is 0 Å². The maximum absolute atomic E-state index is 12.1. The van der Waals surface area contributed by atoms with Crippen molar-refractivity contribution in [3.8, 4) is 0 Å². The van der Waals surface area contributed by atoms with E-state index in [1.54, 1.807) is 25.1 Å². The van der Waals surface area contributed by atoms with Gasteiger partial charge in [0.05, 0.1) is 16.8 Å². The van der Waals surface area contributed by atoms with Gasteiger partial charge in [0.25, 0.3) is 10.0 Å². The van der Waals surface area contributed by atoms with Crippen molar-refractivity contribution in [1.29, 1.82) is 0 Å². The molecule has 1 heterocycles. The van der Waals surface area contributed by atoms with Gasteiger partial charge in [-0.3, -0.25) is 4.72 Å². The van der Waals surface area contributed by atoms with Crippen LogP contribution in [0.2, 0.25) is 5.02 Å². The molecule has 7 heteroatoms. The number of aryl methyl sites for hydroxylation is 1. The van der Waals surface area contributed by atoms with Gasteiger partial charge in [0, 0.05) is 5.02 Å². The molecule has 0 radical (unpaired) electrons. The van der Waals surface area contributed by atoms with Crippen LogP contribution in [0.3, 0.4) is 0 Å². The number of anilines is 2. The first-order valence-corrected chi connectivity index (χ1v) is 7.25. The predicted octanol–water partition coefficient (Wildman–Crippen LogP) is 2.43. The van der Waals surface area contributed by atoms with Crippen LogP contribution in [-0.2, 0) is 10.0 Å². The van der Waals surface area contributed by atoms with Crippen molar-refractivity contribution < 1.29 is 8.42 Å². The minimum absolute atomic E-state index is 0.0815. The standard InChI is InChI=1S/C12H12ClN3O2S/c1-8-5-10(14)7-15-12(8)16-19(17,18)11-4-2-3-9(13)6-11/h2-7H,14H2,1H3,(H,15,16). The molecule has 0 atom stereocenters. The van der Waals surface area contributed by atoms with Crippen LogP contribution < -0.4 is 10.5 Å². The molecule has 1 aromatic heterocycles. The largest absolute Gasteiger partial charge is 0.397 e. The topological polar surface area (TPSA) is 85.1 Å². The summed E-state index contributed by atoms with van der Waals surface area (Å²) < 4.78 is 26.7. The number of hydrogen-bond donors (Lipinski definition) is 2. The highest BCUT2D eigenvalue weighted by atomic mass is 35.5. The van der Waals surface area contributed by atoms with E-state index in [1.807, 2.05) is 0 Å². The summed E-state index contributed by atoms with van der Waals surface area (Å²) in [5.41, 5.74) is 6.68. The second kappa shape index (κ2) is 5.07. The first-order valence-electron chi connectivity index (χ1n) is 5.39. The molecule has 3 N–H and O–H groups in total. The lowest BCUT2D eigenvalue weighted by Crippen LogP contribution is -2.15. The summed E-state index contributed by atoms with van der Waals surface area (Å²) in [6, 6.07) is 7.65. The number of nitrogen functional groups attached to an aromatic ring is 1. The van der Waals surface area contributed by atoms with Crippen LogP contribution in [-0.4, -0.2) is 13.4 Å². The third-order valence-corrected chi connectivity index (χ3v) is 4.01. The van der Waals surface area contributed by atoms with Crippen LogP contribution in [0.4, 0.5) is 11.5 Å². The zero-order chi connectivity index (χ0) is 14.0. The summed E-state index contributed by atoms with van der Waals surface area (Å²) in [6.45, 7) is 1.72. The van der Waals surface area contributed by atoms with Crippen molar-refractivity contribution in [3.63, 3.8) is 0 Å². The fourth-order valence-electron chi connectivity index (χ4n) is 1.52. The molecule has 1 aromatic carbocycles. The normalized spacial score (nSPS) is 11.3. The molecule has 5 nitrogen and oxygen atoms in total. The summed E-state index contributed by atoms with van der Waals surface area (Å²) >= 11 is 5.78. The van der Waals surface area contributed by atoms with Gasteiger partial charge in [0.15, 0.2) is 0 Å². The van der Waals surface area contributed by atoms with Crippen molar-refractivity contribution in [2.75, 3.05) is 10.5 Å². The Bertz CT molecular complexity index is 717. The van der Waals surface area contributed by atoms with Crippen LogP contribution in [0.1, 0.15) is 5.56 Å². The van der Waals surface area contributed by atoms with Crippen LogP contribution in [0.25, 0.3) is 0 Å². The van der Waals surface area contributed by atoms with Gasteiger partial charge in [-0.15, -0.1) is 0 Å². The highest BCUT2D eigenvalue weighted by Crippen LogP contribution is 2.20. The molecule has 0 aliphatic rings. The number of benzene rings is 1. The number of hydrogen-bond acceptors (Lipinski definition) is 4. The Labute approximate surface area is 116 Å². The first kappa shape index (κ1) is 13.6. The van der Waals surface area contributed by atoms with Crippen LogP contribution in [0, 0.1) is 6.92 Å². The maximum atomic E-state index is 12.1. The SMILES string of the molecule is Cc1cc(N)cnc1NS(=O)(=O)c1cccc(Cl)c1. The lowest BCUT2D eigenvalue weighted by Gasteiger charge is -2.10. The van der Waals surface area contributed by atoms with E-state index in [4.69, 9.17) is 17.3 Å². The third kappa shape index (κ3) is 3.15. The van der Waals surface area contributed by atoms with Gasteiger partial charge in [-0.25, -0.2) is 13.4 Å². The molecule has 0 aliphatic carbocycles. The smallest absolute Gasteiger partial charge is 0.263 e. The Morgan fingerprint density at radius 1 is 1.32 bits per heavy atom. The molecule has 0 spiro atoms. The fraction of sp³-hybridized carbons (Fsp3) is 0.0833. The van der Waals surface area contributed by atoms with Gasteiger partial charge in [-0.1, -0.05) is 17.7 Å². The minimum Gasteiger partial charge on any atom is -0.397 e. The minimum atomic E-state index is -3.71. The molecule has 0 unspecified atom stereocenters. The molecule has 0 bridgehead atoms. The van der Waals surface area contributed by atoms with Gasteiger partial charge in [-0.05, 0) is 36.8 Å².